The van der Waals surface area contributed by atoms with Crippen LogP contribution in [0.2, 0.25) is 0 Å². The number of benzene rings is 1. The second-order valence-corrected chi connectivity index (χ2v) is 6.81. The van der Waals surface area contributed by atoms with Crippen LogP contribution in [0.3, 0.4) is 0 Å². The van der Waals surface area contributed by atoms with E-state index in [1.54, 1.807) is 0 Å². The van der Waals surface area contributed by atoms with Gasteiger partial charge in [0, 0.05) is 24.2 Å². The van der Waals surface area contributed by atoms with Crippen molar-refractivity contribution in [3.63, 3.8) is 0 Å². The first kappa shape index (κ1) is 15.1. The van der Waals surface area contributed by atoms with E-state index in [0.29, 0.717) is 6.42 Å². The molecule has 5 nitrogen and oxygen atoms in total. The zero-order valence-electron chi connectivity index (χ0n) is 14.1. The molecular weight excluding hydrogens is 300 g/mol. The summed E-state index contributed by atoms with van der Waals surface area (Å²) in [4.78, 5) is 21.0. The van der Waals surface area contributed by atoms with E-state index in [2.05, 4.69) is 53.5 Å². The van der Waals surface area contributed by atoms with E-state index in [1.807, 2.05) is 12.3 Å². The van der Waals surface area contributed by atoms with E-state index in [1.165, 1.54) is 11.3 Å². The molecule has 0 saturated carbocycles. The molecule has 3 aliphatic heterocycles. The highest BCUT2D eigenvalue weighted by Crippen LogP contribution is 2.39. The van der Waals surface area contributed by atoms with Gasteiger partial charge in [0.05, 0.1) is 17.6 Å². The van der Waals surface area contributed by atoms with Crippen LogP contribution in [0.5, 0.6) is 0 Å². The summed E-state index contributed by atoms with van der Waals surface area (Å²) in [5.74, 6) is 0.0890. The van der Waals surface area contributed by atoms with Crippen molar-refractivity contribution in [2.75, 3.05) is 14.1 Å². The van der Waals surface area contributed by atoms with E-state index in [9.17, 15) is 4.79 Å². The molecule has 124 valence electrons. The number of hydrogen-bond acceptors (Lipinski definition) is 4. The van der Waals surface area contributed by atoms with Crippen LogP contribution >= 0.6 is 0 Å². The Bertz CT molecular complexity index is 758. The zero-order valence-corrected chi connectivity index (χ0v) is 14.1. The molecule has 3 heterocycles. The van der Waals surface area contributed by atoms with Crippen LogP contribution < -0.4 is 5.32 Å². The van der Waals surface area contributed by atoms with E-state index in [4.69, 9.17) is 4.99 Å². The van der Waals surface area contributed by atoms with E-state index < -0.39 is 0 Å². The van der Waals surface area contributed by atoms with E-state index in [0.717, 1.165) is 36.3 Å². The average Bonchev–Trinajstić information content (AvgIpc) is 2.89. The summed E-state index contributed by atoms with van der Waals surface area (Å²) in [6, 6.07) is 8.63. The quantitative estimate of drug-likeness (QED) is 0.929. The standard InChI is InChI=1S/C19H22N4O/c1-22(2)12-13-3-5-14(6-4-13)19-16-8-9-17-21-18(24)10-7-15(11-20-19)23(16)17/h3-7,11,17H,8-10,12H2,1-2H3,(H,21,24). The molecule has 3 aliphatic rings. The predicted molar refractivity (Wildman–Crippen MR) is 94.9 cm³/mol. The van der Waals surface area contributed by atoms with Gasteiger partial charge >= 0.3 is 0 Å². The highest BCUT2D eigenvalue weighted by Gasteiger charge is 2.36. The van der Waals surface area contributed by atoms with Gasteiger partial charge < -0.3 is 15.1 Å². The Morgan fingerprint density at radius 2 is 2.08 bits per heavy atom. The lowest BCUT2D eigenvalue weighted by Crippen LogP contribution is -2.42. The number of nitrogens with zero attached hydrogens (tertiary/aromatic N) is 3. The first-order valence-electron chi connectivity index (χ1n) is 8.42. The van der Waals surface area contributed by atoms with E-state index >= 15 is 0 Å². The summed E-state index contributed by atoms with van der Waals surface area (Å²) in [5, 5.41) is 3.11. The summed E-state index contributed by atoms with van der Waals surface area (Å²) in [5.41, 5.74) is 5.72. The first-order valence-corrected chi connectivity index (χ1v) is 8.42. The van der Waals surface area contributed by atoms with Gasteiger partial charge in [-0.3, -0.25) is 9.79 Å². The molecule has 24 heavy (non-hydrogen) atoms. The topological polar surface area (TPSA) is 47.9 Å². The molecule has 0 bridgehead atoms. The Kier molecular flexibility index (Phi) is 3.73. The van der Waals surface area contributed by atoms with Crippen LogP contribution in [-0.2, 0) is 11.3 Å². The Morgan fingerprint density at radius 1 is 1.29 bits per heavy atom. The Morgan fingerprint density at radius 3 is 2.83 bits per heavy atom. The van der Waals surface area contributed by atoms with Crippen LogP contribution in [0.15, 0.2) is 46.7 Å². The molecule has 1 aromatic carbocycles. The number of aliphatic imine (C=N–C) groups is 1. The van der Waals surface area contributed by atoms with Gasteiger partial charge in [0.2, 0.25) is 5.91 Å². The summed E-state index contributed by atoms with van der Waals surface area (Å²) >= 11 is 0. The molecule has 4 rings (SSSR count). The molecule has 1 amide bonds. The monoisotopic (exact) mass is 322 g/mol. The van der Waals surface area contributed by atoms with Crippen LogP contribution in [0.4, 0.5) is 0 Å². The van der Waals surface area contributed by atoms with Gasteiger partial charge in [-0.1, -0.05) is 24.3 Å². The molecule has 1 saturated heterocycles. The van der Waals surface area contributed by atoms with Crippen molar-refractivity contribution in [1.29, 1.82) is 0 Å². The minimum absolute atomic E-state index is 0.0658. The third kappa shape index (κ3) is 2.65. The maximum absolute atomic E-state index is 11.8. The van der Waals surface area contributed by atoms with Crippen molar-refractivity contribution in [3.8, 4) is 0 Å². The molecule has 1 unspecified atom stereocenters. The van der Waals surface area contributed by atoms with Gasteiger partial charge in [0.1, 0.15) is 6.17 Å². The largest absolute Gasteiger partial charge is 0.335 e. The second kappa shape index (κ2) is 5.91. The molecule has 1 aromatic rings. The molecule has 1 N–H and O–H groups in total. The fraction of sp³-hybridized carbons (Fsp3) is 0.368. The van der Waals surface area contributed by atoms with Gasteiger partial charge in [-0.25, -0.2) is 0 Å². The van der Waals surface area contributed by atoms with Crippen molar-refractivity contribution in [3.05, 3.63) is 52.9 Å². The second-order valence-electron chi connectivity index (χ2n) is 6.81. The Hall–Kier alpha value is -2.40. The third-order valence-corrected chi connectivity index (χ3v) is 4.68. The summed E-state index contributed by atoms with van der Waals surface area (Å²) in [6.45, 7) is 0.933. The minimum atomic E-state index is 0.0658. The van der Waals surface area contributed by atoms with Crippen LogP contribution in [0, 0.1) is 0 Å². The average molecular weight is 322 g/mol. The van der Waals surface area contributed by atoms with Gasteiger partial charge in [-0.15, -0.1) is 0 Å². The minimum Gasteiger partial charge on any atom is -0.335 e. The molecule has 1 atom stereocenters. The van der Waals surface area contributed by atoms with Crippen molar-refractivity contribution in [2.24, 2.45) is 4.99 Å². The number of nitrogens with one attached hydrogen (secondary N) is 1. The van der Waals surface area contributed by atoms with Gasteiger partial charge in [0.25, 0.3) is 0 Å². The molecule has 0 aliphatic carbocycles. The van der Waals surface area contributed by atoms with Gasteiger partial charge in [-0.05, 0) is 38.6 Å². The smallest absolute Gasteiger partial charge is 0.225 e. The van der Waals surface area contributed by atoms with Gasteiger partial charge in [-0.2, -0.15) is 0 Å². The van der Waals surface area contributed by atoms with Crippen molar-refractivity contribution in [2.45, 2.75) is 32.0 Å². The third-order valence-electron chi connectivity index (χ3n) is 4.68. The number of rotatable bonds is 3. The number of amides is 1. The molecule has 1 fully saturated rings. The highest BCUT2D eigenvalue weighted by molar-refractivity contribution is 5.91. The summed E-state index contributed by atoms with van der Waals surface area (Å²) in [6.07, 6.45) is 6.23. The Balaban J connectivity index is 1.68. The Labute approximate surface area is 142 Å². The lowest BCUT2D eigenvalue weighted by molar-refractivity contribution is -0.121. The molecule has 0 radical (unpaired) electrons. The number of carbonyl (C=O) groups is 1. The first-order chi connectivity index (χ1) is 11.6. The molecule has 5 heteroatoms. The van der Waals surface area contributed by atoms with Crippen LogP contribution in [0.25, 0.3) is 5.70 Å². The lowest BCUT2D eigenvalue weighted by Gasteiger charge is -2.30. The zero-order chi connectivity index (χ0) is 16.7. The summed E-state index contributed by atoms with van der Waals surface area (Å²) < 4.78 is 0. The molecule has 0 spiro atoms. The SMILES string of the molecule is CN(C)Cc1ccc(C2=C3CCC4NC(=O)CC=C(C=N2)N34)cc1. The van der Waals surface area contributed by atoms with Crippen LogP contribution in [0.1, 0.15) is 30.4 Å². The maximum Gasteiger partial charge on any atom is 0.225 e. The fourth-order valence-corrected chi connectivity index (χ4v) is 3.65. The van der Waals surface area contributed by atoms with Gasteiger partial charge in [0.15, 0.2) is 0 Å². The fourth-order valence-electron chi connectivity index (χ4n) is 3.65. The van der Waals surface area contributed by atoms with E-state index in [-0.39, 0.29) is 12.1 Å². The van der Waals surface area contributed by atoms with Crippen molar-refractivity contribution < 1.29 is 4.79 Å². The van der Waals surface area contributed by atoms with Crippen molar-refractivity contribution >= 4 is 17.8 Å². The number of hydrogen-bond donors (Lipinski definition) is 1. The molecular formula is C19H22N4O. The van der Waals surface area contributed by atoms with Crippen LogP contribution in [-0.4, -0.2) is 42.2 Å². The highest BCUT2D eigenvalue weighted by atomic mass is 16.1. The predicted octanol–water partition coefficient (Wildman–Crippen LogP) is 2.33. The number of allylic oxidation sites excluding steroid dienone is 2. The summed E-state index contributed by atoms with van der Waals surface area (Å²) in [7, 11) is 4.15. The lowest BCUT2D eigenvalue weighted by atomic mass is 10.1. The van der Waals surface area contributed by atoms with Crippen molar-refractivity contribution in [1.82, 2.24) is 15.1 Å². The number of carbonyl (C=O) groups excluding carboxylic acids is 1. The normalized spacial score (nSPS) is 22.5. The maximum atomic E-state index is 11.8. The molecule has 0 aromatic heterocycles.